The van der Waals surface area contributed by atoms with Crippen molar-refractivity contribution < 1.29 is 39.4 Å². The zero-order valence-electron chi connectivity index (χ0n) is 19.4. The Hall–Kier alpha value is -2.13. The van der Waals surface area contributed by atoms with E-state index in [-0.39, 0.29) is 41.3 Å². The number of methoxy groups -OCH3 is 1. The molecule has 8 heteroatoms. The summed E-state index contributed by atoms with van der Waals surface area (Å²) in [7, 11) is 1.33. The summed E-state index contributed by atoms with van der Waals surface area (Å²) >= 11 is 0. The first-order valence-electron chi connectivity index (χ1n) is 11.8. The second-order valence-electron chi connectivity index (χ2n) is 9.47. The van der Waals surface area contributed by atoms with Crippen molar-refractivity contribution in [1.29, 1.82) is 0 Å². The maximum Gasteiger partial charge on any atom is 0.203 e. The highest BCUT2D eigenvalue weighted by Crippen LogP contribution is 2.51. The number of allylic oxidation sites excluding steroid dienone is 2. The lowest BCUT2D eigenvalue weighted by Gasteiger charge is -2.39. The highest BCUT2D eigenvalue weighted by molar-refractivity contribution is 6.02. The van der Waals surface area contributed by atoms with Gasteiger partial charge in [0.05, 0.1) is 31.0 Å². The van der Waals surface area contributed by atoms with Gasteiger partial charge in [0, 0.05) is 12.3 Å². The maximum atomic E-state index is 13.7. The van der Waals surface area contributed by atoms with Crippen LogP contribution in [0.5, 0.6) is 17.2 Å². The zero-order chi connectivity index (χ0) is 23.9. The van der Waals surface area contributed by atoms with Crippen molar-refractivity contribution in [1.82, 2.24) is 0 Å². The van der Waals surface area contributed by atoms with E-state index in [0.717, 1.165) is 6.42 Å². The number of epoxide rings is 1. The van der Waals surface area contributed by atoms with Gasteiger partial charge in [-0.15, -0.1) is 0 Å². The van der Waals surface area contributed by atoms with Crippen molar-refractivity contribution in [3.05, 3.63) is 29.3 Å². The average molecular weight is 463 g/mol. The Morgan fingerprint density at radius 2 is 2.00 bits per heavy atom. The molecule has 0 saturated carbocycles. The third kappa shape index (κ3) is 4.14. The Morgan fingerprint density at radius 1 is 1.24 bits per heavy atom. The molecule has 0 radical (unpaired) electrons. The number of benzene rings is 1. The van der Waals surface area contributed by atoms with Crippen LogP contribution >= 0.6 is 0 Å². The van der Waals surface area contributed by atoms with Crippen LogP contribution in [0.2, 0.25) is 0 Å². The van der Waals surface area contributed by atoms with Crippen LogP contribution in [0.3, 0.4) is 0 Å². The number of Topliss-reactive ketones (excluding diaryl/α,β-unsaturated/α-hetero) is 1. The predicted octanol–water partition coefficient (Wildman–Crippen LogP) is 2.84. The van der Waals surface area contributed by atoms with Crippen LogP contribution in [-0.4, -0.2) is 63.5 Å². The molecule has 7 atom stereocenters. The SMILES string of the molecule is CC[C@H]1OC12C(O)O[C@@H](C1CCC/C=C/C(C)Cc3cc(c(O)c(OC)c3O)C1=O)C[C@H]2O. The van der Waals surface area contributed by atoms with Gasteiger partial charge in [-0.2, -0.15) is 0 Å². The first-order chi connectivity index (χ1) is 15.7. The van der Waals surface area contributed by atoms with E-state index in [4.69, 9.17) is 14.2 Å². The molecule has 2 aliphatic heterocycles. The van der Waals surface area contributed by atoms with Crippen LogP contribution in [0, 0.1) is 11.8 Å². The topological polar surface area (TPSA) is 129 Å². The van der Waals surface area contributed by atoms with Crippen molar-refractivity contribution in [2.24, 2.45) is 11.8 Å². The van der Waals surface area contributed by atoms with Gasteiger partial charge in [-0.05, 0) is 49.7 Å². The minimum Gasteiger partial charge on any atom is -0.504 e. The van der Waals surface area contributed by atoms with Crippen LogP contribution in [0.25, 0.3) is 0 Å². The van der Waals surface area contributed by atoms with E-state index >= 15 is 0 Å². The second kappa shape index (κ2) is 9.25. The molecule has 1 aromatic rings. The Bertz CT molecular complexity index is 913. The van der Waals surface area contributed by atoms with Gasteiger partial charge in [0.2, 0.25) is 5.75 Å². The first-order valence-corrected chi connectivity index (χ1v) is 11.8. The Balaban J connectivity index is 1.70. The number of phenolic OH excluding ortho intramolecular Hbond substituents is 2. The quantitative estimate of drug-likeness (QED) is 0.399. The number of carbonyl (C=O) groups is 1. The molecule has 2 bridgehead atoms. The molecule has 0 amide bonds. The van der Waals surface area contributed by atoms with Crippen molar-refractivity contribution in [2.45, 2.75) is 82.6 Å². The van der Waals surface area contributed by atoms with E-state index in [1.807, 2.05) is 13.8 Å². The predicted molar refractivity (Wildman–Crippen MR) is 119 cm³/mol. The van der Waals surface area contributed by atoms with Gasteiger partial charge in [0.15, 0.2) is 29.2 Å². The molecule has 2 heterocycles. The molecule has 182 valence electrons. The number of aromatic hydroxyl groups is 2. The molecule has 2 fully saturated rings. The van der Waals surface area contributed by atoms with Gasteiger partial charge in [0.1, 0.15) is 0 Å². The number of carbonyl (C=O) groups excluding carboxylic acids is 1. The molecule has 4 N–H and O–H groups in total. The van der Waals surface area contributed by atoms with E-state index in [1.165, 1.54) is 13.2 Å². The van der Waals surface area contributed by atoms with Gasteiger partial charge in [-0.25, -0.2) is 0 Å². The van der Waals surface area contributed by atoms with Crippen molar-refractivity contribution in [3.8, 4) is 17.2 Å². The standard InChI is InChI=1S/C25H34O8/c1-4-19-25(33-19)18(26)12-17(32-24(25)30)15-9-7-5-6-8-13(2)10-14-11-16(21(15)28)22(29)23(31-3)20(14)27/h6,8,11,13,15,17-19,24,26-27,29-30H,4-5,7,9-10,12H2,1-3H3/b8-6+/t13?,15?,17-,18-,19-,24?,25?/m1/s1. The normalized spacial score (nSPS) is 37.8. The molecule has 1 spiro atoms. The van der Waals surface area contributed by atoms with Crippen LogP contribution in [0.1, 0.15) is 61.9 Å². The van der Waals surface area contributed by atoms with E-state index in [9.17, 15) is 25.2 Å². The van der Waals surface area contributed by atoms with E-state index in [0.29, 0.717) is 31.2 Å². The Kier molecular flexibility index (Phi) is 6.73. The zero-order valence-corrected chi connectivity index (χ0v) is 19.4. The molecular formula is C25H34O8. The second-order valence-corrected chi connectivity index (χ2v) is 9.47. The average Bonchev–Trinajstić information content (AvgIpc) is 3.52. The summed E-state index contributed by atoms with van der Waals surface area (Å²) < 4.78 is 16.7. The number of hydrogen-bond acceptors (Lipinski definition) is 8. The molecule has 3 aliphatic rings. The minimum absolute atomic E-state index is 0.0448. The molecule has 1 aromatic carbocycles. The monoisotopic (exact) mass is 462 g/mol. The first kappa shape index (κ1) is 24.0. The molecule has 2 saturated heterocycles. The maximum absolute atomic E-state index is 13.7. The fourth-order valence-electron chi connectivity index (χ4n) is 5.39. The lowest BCUT2D eigenvalue weighted by Crippen LogP contribution is -2.55. The highest BCUT2D eigenvalue weighted by Gasteiger charge is 2.68. The molecule has 8 nitrogen and oxygen atoms in total. The molecule has 4 rings (SSSR count). The van der Waals surface area contributed by atoms with Crippen molar-refractivity contribution >= 4 is 5.78 Å². The number of fused-ring (bicyclic) bond motifs is 2. The number of hydrogen-bond donors (Lipinski definition) is 4. The molecular weight excluding hydrogens is 428 g/mol. The van der Waals surface area contributed by atoms with Crippen LogP contribution in [0.15, 0.2) is 18.2 Å². The van der Waals surface area contributed by atoms with E-state index < -0.39 is 35.8 Å². The number of ether oxygens (including phenoxy) is 3. The van der Waals surface area contributed by atoms with Crippen LogP contribution in [-0.2, 0) is 15.9 Å². The summed E-state index contributed by atoms with van der Waals surface area (Å²) in [4.78, 5) is 13.7. The smallest absolute Gasteiger partial charge is 0.203 e. The summed E-state index contributed by atoms with van der Waals surface area (Å²) in [6.07, 6.45) is 3.95. The molecule has 0 aromatic heterocycles. The number of ketones is 1. The lowest BCUT2D eigenvalue weighted by molar-refractivity contribution is -0.239. The fourth-order valence-corrected chi connectivity index (χ4v) is 5.39. The fraction of sp³-hybridized carbons (Fsp3) is 0.640. The van der Waals surface area contributed by atoms with Crippen LogP contribution in [0.4, 0.5) is 0 Å². The van der Waals surface area contributed by atoms with Gasteiger partial charge in [-0.3, -0.25) is 4.79 Å². The highest BCUT2D eigenvalue weighted by atomic mass is 16.7. The Morgan fingerprint density at radius 3 is 2.64 bits per heavy atom. The molecule has 1 aliphatic carbocycles. The van der Waals surface area contributed by atoms with Gasteiger partial charge in [-0.1, -0.05) is 26.0 Å². The lowest BCUT2D eigenvalue weighted by atomic mass is 9.79. The molecule has 4 unspecified atom stereocenters. The van der Waals surface area contributed by atoms with E-state index in [2.05, 4.69) is 12.2 Å². The summed E-state index contributed by atoms with van der Waals surface area (Å²) in [5, 5.41) is 42.9. The van der Waals surface area contributed by atoms with Gasteiger partial charge < -0.3 is 34.6 Å². The van der Waals surface area contributed by atoms with Crippen molar-refractivity contribution in [3.63, 3.8) is 0 Å². The van der Waals surface area contributed by atoms with Crippen LogP contribution < -0.4 is 4.74 Å². The van der Waals surface area contributed by atoms with Gasteiger partial charge in [0.25, 0.3) is 0 Å². The Labute approximate surface area is 193 Å². The summed E-state index contributed by atoms with van der Waals surface area (Å²) in [6, 6.07) is 1.52. The number of phenols is 2. The summed E-state index contributed by atoms with van der Waals surface area (Å²) in [6.45, 7) is 3.93. The summed E-state index contributed by atoms with van der Waals surface area (Å²) in [5.41, 5.74) is -0.580. The van der Waals surface area contributed by atoms with E-state index in [1.54, 1.807) is 0 Å². The molecule has 33 heavy (non-hydrogen) atoms. The number of rotatable bonds is 3. The third-order valence-corrected chi connectivity index (χ3v) is 7.28. The number of aliphatic hydroxyl groups excluding tert-OH is 2. The van der Waals surface area contributed by atoms with Crippen molar-refractivity contribution in [2.75, 3.05) is 7.11 Å². The largest absolute Gasteiger partial charge is 0.504 e. The third-order valence-electron chi connectivity index (χ3n) is 7.28. The minimum atomic E-state index is -1.34. The number of aliphatic hydroxyl groups is 2. The van der Waals surface area contributed by atoms with Gasteiger partial charge >= 0.3 is 0 Å². The summed E-state index contributed by atoms with van der Waals surface area (Å²) in [5.74, 6) is -1.69.